The molecule has 1 saturated heterocycles. The van der Waals surface area contributed by atoms with Crippen LogP contribution in [0, 0.1) is 0 Å². The molecule has 94 valence electrons. The van der Waals surface area contributed by atoms with Gasteiger partial charge in [0, 0.05) is 26.2 Å². The molecule has 0 bridgehead atoms. The lowest BCUT2D eigenvalue weighted by molar-refractivity contribution is 0.282. The lowest BCUT2D eigenvalue weighted by Crippen LogP contribution is -2.40. The molecule has 1 heterocycles. The second-order valence-corrected chi connectivity index (χ2v) is 4.43. The van der Waals surface area contributed by atoms with E-state index in [4.69, 9.17) is 10.8 Å². The highest BCUT2D eigenvalue weighted by Crippen LogP contribution is 2.08. The first-order valence-electron chi connectivity index (χ1n) is 6.50. The van der Waals surface area contributed by atoms with Gasteiger partial charge in [-0.2, -0.15) is 0 Å². The quantitative estimate of drug-likeness (QED) is 0.409. The predicted molar refractivity (Wildman–Crippen MR) is 67.5 cm³/mol. The summed E-state index contributed by atoms with van der Waals surface area (Å²) in [6, 6.07) is 0. The van der Waals surface area contributed by atoms with E-state index in [-0.39, 0.29) is 0 Å². The highest BCUT2D eigenvalue weighted by Gasteiger charge is 2.11. The second kappa shape index (κ2) is 8.39. The van der Waals surface area contributed by atoms with Crippen molar-refractivity contribution in [1.82, 2.24) is 4.90 Å². The first-order chi connectivity index (χ1) is 7.84. The van der Waals surface area contributed by atoms with Crippen LogP contribution in [0.2, 0.25) is 0 Å². The van der Waals surface area contributed by atoms with Crippen molar-refractivity contribution in [3.8, 4) is 0 Å². The van der Waals surface area contributed by atoms with Gasteiger partial charge in [-0.3, -0.25) is 4.99 Å². The minimum Gasteiger partial charge on any atom is -0.396 e. The Labute approximate surface area is 98.5 Å². The van der Waals surface area contributed by atoms with Gasteiger partial charge in [-0.05, 0) is 32.1 Å². The maximum atomic E-state index is 8.63. The first kappa shape index (κ1) is 13.3. The van der Waals surface area contributed by atoms with Gasteiger partial charge >= 0.3 is 0 Å². The van der Waals surface area contributed by atoms with Gasteiger partial charge < -0.3 is 15.7 Å². The summed E-state index contributed by atoms with van der Waals surface area (Å²) in [7, 11) is 0. The number of nitrogens with two attached hydrogens (primary N) is 1. The van der Waals surface area contributed by atoms with Gasteiger partial charge in [-0.15, -0.1) is 0 Å². The number of guanidine groups is 1. The average Bonchev–Trinajstić information content (AvgIpc) is 2.34. The van der Waals surface area contributed by atoms with Crippen molar-refractivity contribution in [1.29, 1.82) is 0 Å². The molecule has 0 aliphatic carbocycles. The van der Waals surface area contributed by atoms with E-state index < -0.39 is 0 Å². The van der Waals surface area contributed by atoms with Crippen molar-refractivity contribution in [2.75, 3.05) is 26.2 Å². The maximum Gasteiger partial charge on any atom is 0.191 e. The topological polar surface area (TPSA) is 61.9 Å². The molecule has 1 rings (SSSR count). The molecule has 1 aliphatic rings. The van der Waals surface area contributed by atoms with Crippen LogP contribution in [-0.4, -0.2) is 42.2 Å². The number of likely N-dealkylation sites (tertiary alicyclic amines) is 1. The Balaban J connectivity index is 2.07. The number of unbranched alkanes of at least 4 members (excludes halogenated alkanes) is 3. The summed E-state index contributed by atoms with van der Waals surface area (Å²) in [6.45, 7) is 3.27. The van der Waals surface area contributed by atoms with E-state index in [1.807, 2.05) is 0 Å². The van der Waals surface area contributed by atoms with Crippen molar-refractivity contribution in [2.24, 2.45) is 10.7 Å². The lowest BCUT2D eigenvalue weighted by Gasteiger charge is -2.27. The highest BCUT2D eigenvalue weighted by molar-refractivity contribution is 5.78. The Morgan fingerprint density at radius 3 is 2.44 bits per heavy atom. The molecule has 1 aliphatic heterocycles. The number of aliphatic hydroxyl groups excluding tert-OH is 1. The van der Waals surface area contributed by atoms with Crippen LogP contribution in [0.15, 0.2) is 4.99 Å². The first-order valence-corrected chi connectivity index (χ1v) is 6.50. The van der Waals surface area contributed by atoms with Crippen molar-refractivity contribution < 1.29 is 5.11 Å². The van der Waals surface area contributed by atoms with Crippen LogP contribution in [0.4, 0.5) is 0 Å². The van der Waals surface area contributed by atoms with Crippen molar-refractivity contribution >= 4 is 5.96 Å². The van der Waals surface area contributed by atoms with Crippen LogP contribution in [0.1, 0.15) is 44.9 Å². The molecule has 0 saturated carbocycles. The molecule has 3 N–H and O–H groups in total. The summed E-state index contributed by atoms with van der Waals surface area (Å²) < 4.78 is 0. The minimum atomic E-state index is 0.305. The number of nitrogens with zero attached hydrogens (tertiary/aromatic N) is 2. The third-order valence-corrected chi connectivity index (χ3v) is 3.02. The third-order valence-electron chi connectivity index (χ3n) is 3.02. The van der Waals surface area contributed by atoms with Gasteiger partial charge in [0.05, 0.1) is 0 Å². The fraction of sp³-hybridized carbons (Fsp3) is 0.917. The number of piperidine rings is 1. The molecule has 0 radical (unpaired) electrons. The van der Waals surface area contributed by atoms with Crippen molar-refractivity contribution in [3.63, 3.8) is 0 Å². The largest absolute Gasteiger partial charge is 0.396 e. The zero-order valence-corrected chi connectivity index (χ0v) is 10.2. The van der Waals surface area contributed by atoms with Gasteiger partial charge in [0.2, 0.25) is 0 Å². The number of aliphatic imine (C=N–C) groups is 1. The summed E-state index contributed by atoms with van der Waals surface area (Å²) in [5, 5.41) is 8.63. The second-order valence-electron chi connectivity index (χ2n) is 4.43. The van der Waals surface area contributed by atoms with E-state index in [2.05, 4.69) is 9.89 Å². The van der Waals surface area contributed by atoms with Crippen molar-refractivity contribution in [3.05, 3.63) is 0 Å². The smallest absolute Gasteiger partial charge is 0.191 e. The molecule has 0 spiro atoms. The van der Waals surface area contributed by atoms with Gasteiger partial charge in [0.1, 0.15) is 0 Å². The summed E-state index contributed by atoms with van der Waals surface area (Å²) in [4.78, 5) is 6.60. The molecule has 1 fully saturated rings. The SMILES string of the molecule is NC(=NCCCCCCO)N1CCCCC1. The van der Waals surface area contributed by atoms with Crippen LogP contribution >= 0.6 is 0 Å². The van der Waals surface area contributed by atoms with E-state index in [0.717, 1.165) is 51.3 Å². The molecule has 4 nitrogen and oxygen atoms in total. The molecule has 0 aromatic heterocycles. The molecule has 0 aromatic rings. The Morgan fingerprint density at radius 1 is 1.06 bits per heavy atom. The third kappa shape index (κ3) is 5.35. The normalized spacial score (nSPS) is 17.8. The van der Waals surface area contributed by atoms with Crippen LogP contribution in [0.25, 0.3) is 0 Å². The highest BCUT2D eigenvalue weighted by atomic mass is 16.2. The maximum absolute atomic E-state index is 8.63. The molecule has 0 aromatic carbocycles. The van der Waals surface area contributed by atoms with E-state index in [0.29, 0.717) is 6.61 Å². The van der Waals surface area contributed by atoms with Crippen molar-refractivity contribution in [2.45, 2.75) is 44.9 Å². The number of hydrogen-bond donors (Lipinski definition) is 2. The molecule has 0 atom stereocenters. The van der Waals surface area contributed by atoms with Gasteiger partial charge in [-0.1, -0.05) is 12.8 Å². The molecule has 0 unspecified atom stereocenters. The van der Waals surface area contributed by atoms with Gasteiger partial charge in [0.15, 0.2) is 5.96 Å². The minimum absolute atomic E-state index is 0.305. The van der Waals surface area contributed by atoms with E-state index >= 15 is 0 Å². The number of hydrogen-bond acceptors (Lipinski definition) is 2. The fourth-order valence-electron chi connectivity index (χ4n) is 1.99. The van der Waals surface area contributed by atoms with Gasteiger partial charge in [0.25, 0.3) is 0 Å². The Morgan fingerprint density at radius 2 is 1.75 bits per heavy atom. The molecule has 16 heavy (non-hydrogen) atoms. The zero-order valence-electron chi connectivity index (χ0n) is 10.2. The fourth-order valence-corrected chi connectivity index (χ4v) is 1.99. The van der Waals surface area contributed by atoms with Crippen LogP contribution in [0.5, 0.6) is 0 Å². The summed E-state index contributed by atoms with van der Waals surface area (Å²) >= 11 is 0. The van der Waals surface area contributed by atoms with E-state index in [1.54, 1.807) is 0 Å². The number of aliphatic hydroxyl groups is 1. The van der Waals surface area contributed by atoms with E-state index in [1.165, 1.54) is 19.3 Å². The van der Waals surface area contributed by atoms with Gasteiger partial charge in [-0.25, -0.2) is 0 Å². The molecular weight excluding hydrogens is 202 g/mol. The van der Waals surface area contributed by atoms with Crippen LogP contribution in [-0.2, 0) is 0 Å². The summed E-state index contributed by atoms with van der Waals surface area (Å²) in [6.07, 6.45) is 8.03. The Kier molecular flexibility index (Phi) is 6.97. The Bertz CT molecular complexity index is 200. The lowest BCUT2D eigenvalue weighted by atomic mass is 10.1. The average molecular weight is 227 g/mol. The summed E-state index contributed by atoms with van der Waals surface area (Å²) in [5.74, 6) is 0.724. The standard InChI is InChI=1S/C12H25N3O/c13-12(15-9-5-3-6-10-15)14-8-4-1-2-7-11-16/h16H,1-11H2,(H2,13,14). The molecular formula is C12H25N3O. The summed E-state index contributed by atoms with van der Waals surface area (Å²) in [5.41, 5.74) is 5.93. The van der Waals surface area contributed by atoms with E-state index in [9.17, 15) is 0 Å². The molecule has 4 heteroatoms. The van der Waals surface area contributed by atoms with Crippen LogP contribution < -0.4 is 5.73 Å². The predicted octanol–water partition coefficient (Wildman–Crippen LogP) is 1.34. The molecule has 0 amide bonds. The zero-order chi connectivity index (χ0) is 11.6. The van der Waals surface area contributed by atoms with Crippen LogP contribution in [0.3, 0.4) is 0 Å². The Hall–Kier alpha value is -0.770. The monoisotopic (exact) mass is 227 g/mol. The number of rotatable bonds is 6.